The molecule has 0 aliphatic heterocycles. The molecule has 0 amide bonds. The zero-order valence-electron chi connectivity index (χ0n) is 21.9. The molecule has 200 valence electrons. The monoisotopic (exact) mass is 522 g/mol. The molecule has 4 atom stereocenters. The molecule has 5 rings (SSSR count). The van der Waals surface area contributed by atoms with E-state index < -0.39 is 24.4 Å². The van der Waals surface area contributed by atoms with Crippen LogP contribution in [0.2, 0.25) is 0 Å². The van der Waals surface area contributed by atoms with Crippen LogP contribution in [-0.4, -0.2) is 30.2 Å². The average molecular weight is 523 g/mol. The van der Waals surface area contributed by atoms with Crippen molar-refractivity contribution in [2.24, 2.45) is 0 Å². The minimum absolute atomic E-state index is 0.0402. The van der Waals surface area contributed by atoms with E-state index in [0.717, 1.165) is 22.3 Å². The van der Waals surface area contributed by atoms with Crippen LogP contribution in [0.15, 0.2) is 121 Å². The van der Waals surface area contributed by atoms with Gasteiger partial charge in [0.15, 0.2) is 5.78 Å². The maximum absolute atomic E-state index is 13.5. The van der Waals surface area contributed by atoms with Gasteiger partial charge in [-0.15, -0.1) is 0 Å². The predicted octanol–water partition coefficient (Wildman–Crippen LogP) is 6.30. The number of ether oxygens (including phenoxy) is 4. The highest BCUT2D eigenvalue weighted by atomic mass is 16.6. The highest BCUT2D eigenvalue weighted by molar-refractivity contribution is 5.85. The minimum Gasteiger partial charge on any atom is -0.370 e. The van der Waals surface area contributed by atoms with E-state index in [2.05, 4.69) is 0 Å². The molecule has 0 radical (unpaired) electrons. The highest BCUT2D eigenvalue weighted by Crippen LogP contribution is 2.30. The van der Waals surface area contributed by atoms with Crippen LogP contribution in [0, 0.1) is 0 Å². The lowest BCUT2D eigenvalue weighted by atomic mass is 9.87. The van der Waals surface area contributed by atoms with Crippen molar-refractivity contribution in [2.45, 2.75) is 57.3 Å². The largest absolute Gasteiger partial charge is 0.370 e. The maximum atomic E-state index is 13.5. The molecule has 39 heavy (non-hydrogen) atoms. The summed E-state index contributed by atoms with van der Waals surface area (Å²) in [7, 11) is 0. The molecule has 1 aliphatic rings. The van der Waals surface area contributed by atoms with Gasteiger partial charge in [-0.3, -0.25) is 4.79 Å². The van der Waals surface area contributed by atoms with E-state index in [1.807, 2.05) is 121 Å². The summed E-state index contributed by atoms with van der Waals surface area (Å²) in [6.07, 6.45) is -2.20. The molecule has 0 saturated heterocycles. The Balaban J connectivity index is 1.39. The molecule has 0 heterocycles. The second kappa shape index (κ2) is 14.0. The van der Waals surface area contributed by atoms with Crippen molar-refractivity contribution in [2.75, 3.05) is 0 Å². The van der Waals surface area contributed by atoms with E-state index in [-0.39, 0.29) is 12.2 Å². The van der Waals surface area contributed by atoms with E-state index in [1.54, 1.807) is 0 Å². The molecular weight excluding hydrogens is 488 g/mol. The summed E-state index contributed by atoms with van der Waals surface area (Å²) < 4.78 is 25.6. The Morgan fingerprint density at radius 3 is 1.26 bits per heavy atom. The minimum atomic E-state index is -0.772. The molecule has 0 bridgehead atoms. The molecule has 1 fully saturated rings. The van der Waals surface area contributed by atoms with Crippen molar-refractivity contribution in [3.8, 4) is 0 Å². The average Bonchev–Trinajstić information content (AvgIpc) is 3.00. The zero-order valence-corrected chi connectivity index (χ0v) is 21.9. The third-order valence-corrected chi connectivity index (χ3v) is 6.86. The van der Waals surface area contributed by atoms with Gasteiger partial charge in [-0.2, -0.15) is 0 Å². The van der Waals surface area contributed by atoms with Crippen LogP contribution >= 0.6 is 0 Å². The molecule has 0 spiro atoms. The molecule has 4 aromatic carbocycles. The summed E-state index contributed by atoms with van der Waals surface area (Å²) in [5.74, 6) is -0.0402. The second-order valence-electron chi connectivity index (χ2n) is 9.75. The van der Waals surface area contributed by atoms with Crippen molar-refractivity contribution in [1.29, 1.82) is 0 Å². The van der Waals surface area contributed by atoms with Crippen molar-refractivity contribution in [3.05, 3.63) is 144 Å². The van der Waals surface area contributed by atoms with E-state index in [1.165, 1.54) is 0 Å². The number of hydrogen-bond donors (Lipinski definition) is 0. The van der Waals surface area contributed by atoms with Crippen molar-refractivity contribution in [1.82, 2.24) is 0 Å². The summed E-state index contributed by atoms with van der Waals surface area (Å²) in [4.78, 5) is 13.5. The summed E-state index contributed by atoms with van der Waals surface area (Å²) >= 11 is 0. The van der Waals surface area contributed by atoms with Crippen LogP contribution in [0.3, 0.4) is 0 Å². The normalized spacial score (nSPS) is 21.1. The van der Waals surface area contributed by atoms with Gasteiger partial charge in [0, 0.05) is 6.42 Å². The Kier molecular flexibility index (Phi) is 9.66. The van der Waals surface area contributed by atoms with E-state index >= 15 is 0 Å². The first kappa shape index (κ1) is 27.0. The Labute approximate surface area is 230 Å². The number of benzene rings is 4. The van der Waals surface area contributed by atoms with Gasteiger partial charge in [-0.1, -0.05) is 121 Å². The standard InChI is InChI=1S/C34H34O5/c35-30-21-31(36-22-26-13-5-1-6-14-26)33(38-24-28-17-9-3-10-18-28)34(39-25-29-19-11-4-12-20-29)32(30)37-23-27-15-7-2-8-16-27/h1-20,31-34H,21-25H2/t31-,32+,33+,34+/m0/s1. The van der Waals surface area contributed by atoms with Gasteiger partial charge < -0.3 is 18.9 Å². The van der Waals surface area contributed by atoms with Crippen molar-refractivity contribution < 1.29 is 23.7 Å². The first-order valence-corrected chi connectivity index (χ1v) is 13.4. The fraction of sp³-hybridized carbons (Fsp3) is 0.265. The highest BCUT2D eigenvalue weighted by Gasteiger charge is 2.47. The van der Waals surface area contributed by atoms with Crippen LogP contribution in [0.1, 0.15) is 28.7 Å². The maximum Gasteiger partial charge on any atom is 0.167 e. The van der Waals surface area contributed by atoms with E-state index in [0.29, 0.717) is 26.4 Å². The first-order valence-electron chi connectivity index (χ1n) is 13.4. The van der Waals surface area contributed by atoms with Gasteiger partial charge in [-0.25, -0.2) is 0 Å². The number of hydrogen-bond acceptors (Lipinski definition) is 5. The lowest BCUT2D eigenvalue weighted by Crippen LogP contribution is -2.57. The van der Waals surface area contributed by atoms with Crippen LogP contribution in [0.4, 0.5) is 0 Å². The first-order chi connectivity index (χ1) is 19.3. The zero-order chi connectivity index (χ0) is 26.7. The lowest BCUT2D eigenvalue weighted by molar-refractivity contribution is -0.210. The molecule has 5 heteroatoms. The SMILES string of the molecule is O=C1C[C@H](OCc2ccccc2)[C@@H](OCc2ccccc2)[C@H](OCc2ccccc2)[C@@H]1OCc1ccccc1. The van der Waals surface area contributed by atoms with Gasteiger partial charge in [0.1, 0.15) is 18.3 Å². The molecule has 4 aromatic rings. The molecule has 0 aromatic heterocycles. The van der Waals surface area contributed by atoms with Crippen LogP contribution in [0.25, 0.3) is 0 Å². The molecule has 0 N–H and O–H groups in total. The summed E-state index contributed by atoms with van der Waals surface area (Å²) in [5.41, 5.74) is 4.09. The fourth-order valence-electron chi connectivity index (χ4n) is 4.79. The Morgan fingerprint density at radius 1 is 0.462 bits per heavy atom. The topological polar surface area (TPSA) is 54.0 Å². The fourth-order valence-corrected chi connectivity index (χ4v) is 4.79. The van der Waals surface area contributed by atoms with Crippen molar-refractivity contribution >= 4 is 5.78 Å². The number of Topliss-reactive ketones (excluding diaryl/α,β-unsaturated/α-hetero) is 1. The van der Waals surface area contributed by atoms with Gasteiger partial charge in [-0.05, 0) is 22.3 Å². The summed E-state index contributed by atoms with van der Waals surface area (Å²) in [6, 6.07) is 39.8. The molecule has 5 nitrogen and oxygen atoms in total. The van der Waals surface area contributed by atoms with Crippen molar-refractivity contribution in [3.63, 3.8) is 0 Å². The van der Waals surface area contributed by atoms with Crippen LogP contribution < -0.4 is 0 Å². The Hall–Kier alpha value is -3.61. The third-order valence-electron chi connectivity index (χ3n) is 6.86. The molecule has 1 saturated carbocycles. The van der Waals surface area contributed by atoms with Gasteiger partial charge >= 0.3 is 0 Å². The quantitative estimate of drug-likeness (QED) is 0.219. The number of carbonyl (C=O) groups excluding carboxylic acids is 1. The third kappa shape index (κ3) is 7.71. The van der Waals surface area contributed by atoms with Gasteiger partial charge in [0.2, 0.25) is 0 Å². The molecule has 0 unspecified atom stereocenters. The van der Waals surface area contributed by atoms with Crippen LogP contribution in [0.5, 0.6) is 0 Å². The number of carbonyl (C=O) groups is 1. The van der Waals surface area contributed by atoms with E-state index in [4.69, 9.17) is 18.9 Å². The predicted molar refractivity (Wildman–Crippen MR) is 150 cm³/mol. The lowest BCUT2D eigenvalue weighted by Gasteiger charge is -2.41. The Morgan fingerprint density at radius 2 is 0.821 bits per heavy atom. The van der Waals surface area contributed by atoms with Gasteiger partial charge in [0.05, 0.1) is 32.5 Å². The van der Waals surface area contributed by atoms with Gasteiger partial charge in [0.25, 0.3) is 0 Å². The number of ketones is 1. The number of rotatable bonds is 12. The molecule has 1 aliphatic carbocycles. The Bertz CT molecular complexity index is 1260. The summed E-state index contributed by atoms with van der Waals surface area (Å²) in [6.45, 7) is 1.40. The molecular formula is C34H34O5. The second-order valence-corrected chi connectivity index (χ2v) is 9.75. The smallest absolute Gasteiger partial charge is 0.167 e. The van der Waals surface area contributed by atoms with Crippen LogP contribution in [-0.2, 0) is 50.2 Å². The van der Waals surface area contributed by atoms with E-state index in [9.17, 15) is 4.79 Å². The summed E-state index contributed by atoms with van der Waals surface area (Å²) in [5, 5.41) is 0.